The summed E-state index contributed by atoms with van der Waals surface area (Å²) in [5, 5.41) is 0. The lowest BCUT2D eigenvalue weighted by Crippen LogP contribution is -2.14. The summed E-state index contributed by atoms with van der Waals surface area (Å²) in [6.45, 7) is 2.07. The van der Waals surface area contributed by atoms with E-state index in [4.69, 9.17) is 0 Å². The Morgan fingerprint density at radius 3 is 2.53 bits per heavy atom. The lowest BCUT2D eigenvalue weighted by Gasteiger charge is -2.11. The molecule has 1 nitrogen and oxygen atoms in total. The van der Waals surface area contributed by atoms with Crippen LogP contribution in [0, 0.1) is 12.8 Å². The van der Waals surface area contributed by atoms with Crippen LogP contribution in [0.15, 0.2) is 48.6 Å². The third kappa shape index (κ3) is 2.44. The van der Waals surface area contributed by atoms with Gasteiger partial charge in [0.25, 0.3) is 0 Å². The zero-order valence-electron chi connectivity index (χ0n) is 8.81. The summed E-state index contributed by atoms with van der Waals surface area (Å²) < 4.78 is 0. The Morgan fingerprint density at radius 2 is 1.87 bits per heavy atom. The van der Waals surface area contributed by atoms with Gasteiger partial charge in [0.15, 0.2) is 5.78 Å². The monoisotopic (exact) mass is 198 g/mol. The number of carbonyl (C=O) groups is 1. The number of allylic oxidation sites excluding steroid dienone is 4. The highest BCUT2D eigenvalue weighted by atomic mass is 16.1. The van der Waals surface area contributed by atoms with Crippen molar-refractivity contribution in [2.75, 3.05) is 0 Å². The highest BCUT2D eigenvalue weighted by Gasteiger charge is 2.14. The molecule has 0 aliphatic heterocycles. The van der Waals surface area contributed by atoms with Gasteiger partial charge in [-0.3, -0.25) is 4.79 Å². The van der Waals surface area contributed by atoms with Crippen LogP contribution in [0.3, 0.4) is 0 Å². The Morgan fingerprint density at radius 1 is 1.13 bits per heavy atom. The highest BCUT2D eigenvalue weighted by Crippen LogP contribution is 2.15. The Bertz CT molecular complexity index is 409. The van der Waals surface area contributed by atoms with E-state index >= 15 is 0 Å². The van der Waals surface area contributed by atoms with Gasteiger partial charge in [0.05, 0.1) is 0 Å². The van der Waals surface area contributed by atoms with Crippen molar-refractivity contribution >= 4 is 5.78 Å². The molecule has 1 aliphatic rings. The van der Waals surface area contributed by atoms with Crippen LogP contribution in [0.2, 0.25) is 0 Å². The standard InChI is InChI=1S/C14H14O/c1-11-6-8-12(9-7-11)10-13-4-2-3-5-14(13)15/h2-9,13H,10H2,1H3. The first kappa shape index (κ1) is 9.91. The molecule has 0 bridgehead atoms. The minimum Gasteiger partial charge on any atom is -0.294 e. The normalized spacial score (nSPS) is 19.5. The third-order valence-electron chi connectivity index (χ3n) is 2.66. The molecule has 0 saturated heterocycles. The van der Waals surface area contributed by atoms with Crippen molar-refractivity contribution in [3.05, 3.63) is 59.7 Å². The predicted octanol–water partition coefficient (Wildman–Crippen LogP) is 2.85. The van der Waals surface area contributed by atoms with Gasteiger partial charge in [-0.05, 0) is 25.0 Å². The van der Waals surface area contributed by atoms with Gasteiger partial charge in [-0.25, -0.2) is 0 Å². The van der Waals surface area contributed by atoms with Crippen LogP contribution in [0.5, 0.6) is 0 Å². The summed E-state index contributed by atoms with van der Waals surface area (Å²) in [4.78, 5) is 11.5. The SMILES string of the molecule is Cc1ccc(CC2C=CC=CC2=O)cc1. The molecule has 0 amide bonds. The van der Waals surface area contributed by atoms with Crippen LogP contribution in [0.1, 0.15) is 11.1 Å². The number of hydrogen-bond acceptors (Lipinski definition) is 1. The molecule has 1 aromatic rings. The van der Waals surface area contributed by atoms with E-state index in [1.54, 1.807) is 12.2 Å². The van der Waals surface area contributed by atoms with E-state index < -0.39 is 0 Å². The molecule has 0 radical (unpaired) electrons. The second-order valence-corrected chi connectivity index (χ2v) is 3.94. The summed E-state index contributed by atoms with van der Waals surface area (Å²) in [5.41, 5.74) is 2.48. The molecule has 76 valence electrons. The first-order valence-corrected chi connectivity index (χ1v) is 5.20. The summed E-state index contributed by atoms with van der Waals surface area (Å²) in [6.07, 6.45) is 8.18. The molecule has 0 heterocycles. The molecule has 1 heteroatoms. The molecular weight excluding hydrogens is 184 g/mol. The first-order valence-electron chi connectivity index (χ1n) is 5.20. The molecule has 0 N–H and O–H groups in total. The zero-order valence-corrected chi connectivity index (χ0v) is 8.81. The third-order valence-corrected chi connectivity index (χ3v) is 2.66. The van der Waals surface area contributed by atoms with Crippen molar-refractivity contribution in [3.8, 4) is 0 Å². The molecule has 15 heavy (non-hydrogen) atoms. The van der Waals surface area contributed by atoms with Crippen molar-refractivity contribution < 1.29 is 4.79 Å². The van der Waals surface area contributed by atoms with Gasteiger partial charge in [-0.15, -0.1) is 0 Å². The second kappa shape index (κ2) is 4.26. The average molecular weight is 198 g/mol. The second-order valence-electron chi connectivity index (χ2n) is 3.94. The molecule has 0 fully saturated rings. The van der Waals surface area contributed by atoms with E-state index in [1.807, 2.05) is 12.2 Å². The van der Waals surface area contributed by atoms with Crippen LogP contribution in [0.4, 0.5) is 0 Å². The van der Waals surface area contributed by atoms with Gasteiger partial charge in [-0.2, -0.15) is 0 Å². The topological polar surface area (TPSA) is 17.1 Å². The van der Waals surface area contributed by atoms with Crippen LogP contribution < -0.4 is 0 Å². The zero-order chi connectivity index (χ0) is 10.7. The molecule has 1 aromatic carbocycles. The number of carbonyl (C=O) groups excluding carboxylic acids is 1. The van der Waals surface area contributed by atoms with E-state index in [9.17, 15) is 4.79 Å². The fraction of sp³-hybridized carbons (Fsp3) is 0.214. The maximum Gasteiger partial charge on any atom is 0.162 e. The van der Waals surface area contributed by atoms with Crippen molar-refractivity contribution in [1.29, 1.82) is 0 Å². The van der Waals surface area contributed by atoms with E-state index in [-0.39, 0.29) is 11.7 Å². The van der Waals surface area contributed by atoms with E-state index in [2.05, 4.69) is 31.2 Å². The summed E-state index contributed by atoms with van der Waals surface area (Å²) >= 11 is 0. The van der Waals surface area contributed by atoms with Crippen molar-refractivity contribution in [1.82, 2.24) is 0 Å². The number of benzene rings is 1. The molecule has 0 saturated carbocycles. The minimum atomic E-state index is 0.0257. The number of ketones is 1. The summed E-state index contributed by atoms with van der Waals surface area (Å²) in [6, 6.07) is 8.36. The minimum absolute atomic E-state index is 0.0257. The molecule has 0 aromatic heterocycles. The van der Waals surface area contributed by atoms with Crippen LogP contribution in [-0.4, -0.2) is 5.78 Å². The van der Waals surface area contributed by atoms with E-state index in [0.29, 0.717) is 0 Å². The Kier molecular flexibility index (Phi) is 2.82. The predicted molar refractivity (Wildman–Crippen MR) is 61.7 cm³/mol. The van der Waals surface area contributed by atoms with Crippen LogP contribution in [-0.2, 0) is 11.2 Å². The average Bonchev–Trinajstić information content (AvgIpc) is 2.25. The van der Waals surface area contributed by atoms with Gasteiger partial charge in [0, 0.05) is 5.92 Å². The molecule has 1 unspecified atom stereocenters. The number of aryl methyl sites for hydroxylation is 1. The summed E-state index contributed by atoms with van der Waals surface area (Å²) in [5.74, 6) is 0.232. The van der Waals surface area contributed by atoms with Crippen molar-refractivity contribution in [2.24, 2.45) is 5.92 Å². The van der Waals surface area contributed by atoms with E-state index in [1.165, 1.54) is 11.1 Å². The van der Waals surface area contributed by atoms with Crippen LogP contribution >= 0.6 is 0 Å². The molecule has 0 spiro atoms. The molecule has 1 atom stereocenters. The van der Waals surface area contributed by atoms with E-state index in [0.717, 1.165) is 6.42 Å². The lowest BCUT2D eigenvalue weighted by atomic mass is 9.92. The van der Waals surface area contributed by atoms with Gasteiger partial charge in [0.1, 0.15) is 0 Å². The quantitative estimate of drug-likeness (QED) is 0.714. The van der Waals surface area contributed by atoms with Crippen molar-refractivity contribution in [2.45, 2.75) is 13.3 Å². The number of hydrogen-bond donors (Lipinski definition) is 0. The maximum absolute atomic E-state index is 11.5. The maximum atomic E-state index is 11.5. The molecular formula is C14H14O. The first-order chi connectivity index (χ1) is 7.25. The Balaban J connectivity index is 2.09. The number of rotatable bonds is 2. The highest BCUT2D eigenvalue weighted by molar-refractivity contribution is 5.94. The smallest absolute Gasteiger partial charge is 0.162 e. The largest absolute Gasteiger partial charge is 0.294 e. The van der Waals surface area contributed by atoms with Gasteiger partial charge in [0.2, 0.25) is 0 Å². The lowest BCUT2D eigenvalue weighted by molar-refractivity contribution is -0.117. The van der Waals surface area contributed by atoms with Gasteiger partial charge < -0.3 is 0 Å². The fourth-order valence-corrected chi connectivity index (χ4v) is 1.71. The Hall–Kier alpha value is -1.63. The fourth-order valence-electron chi connectivity index (χ4n) is 1.71. The summed E-state index contributed by atoms with van der Waals surface area (Å²) in [7, 11) is 0. The van der Waals surface area contributed by atoms with Crippen molar-refractivity contribution in [3.63, 3.8) is 0 Å². The van der Waals surface area contributed by atoms with Crippen LogP contribution in [0.25, 0.3) is 0 Å². The van der Waals surface area contributed by atoms with Gasteiger partial charge in [-0.1, -0.05) is 48.1 Å². The molecule has 2 rings (SSSR count). The molecule has 1 aliphatic carbocycles. The van der Waals surface area contributed by atoms with Gasteiger partial charge >= 0.3 is 0 Å². The Labute approximate surface area is 90.1 Å².